The van der Waals surface area contributed by atoms with Gasteiger partial charge in [0.25, 0.3) is 0 Å². The first-order valence-corrected chi connectivity index (χ1v) is 9.74. The fourth-order valence-electron chi connectivity index (χ4n) is 4.87. The van der Waals surface area contributed by atoms with E-state index in [1.54, 1.807) is 30.3 Å². The van der Waals surface area contributed by atoms with E-state index in [9.17, 15) is 14.4 Å². The average Bonchev–Trinajstić information content (AvgIpc) is 2.90. The van der Waals surface area contributed by atoms with Gasteiger partial charge >= 0.3 is 5.97 Å². The number of para-hydroxylation sites is 1. The van der Waals surface area contributed by atoms with Gasteiger partial charge in [-0.2, -0.15) is 0 Å². The molecule has 4 rings (SSSR count). The Morgan fingerprint density at radius 2 is 2.00 bits per heavy atom. The third-order valence-electron chi connectivity index (χ3n) is 5.93. The highest BCUT2D eigenvalue weighted by molar-refractivity contribution is 6.23. The number of methoxy groups -OCH3 is 1. The van der Waals surface area contributed by atoms with Crippen molar-refractivity contribution in [3.05, 3.63) is 65.3 Å². The number of anilines is 1. The monoisotopic (exact) mass is 408 g/mol. The molecule has 2 heterocycles. The second-order valence-corrected chi connectivity index (χ2v) is 8.54. The van der Waals surface area contributed by atoms with Crippen LogP contribution in [0, 0.1) is 5.41 Å². The summed E-state index contributed by atoms with van der Waals surface area (Å²) in [6.07, 6.45) is 2.24. The second kappa shape index (κ2) is 6.58. The standard InChI is InChI=1S/C23H24N2O5/c1-5-10-25-14-9-7-6-8-13(14)23(21(25)28)17-15(26)11-22(2,3)12-16(17)30-19(24)18(23)20(27)29-4/h5-9H,1,10-12,24H2,2-4H3. The number of allylic oxidation sites excluding steroid dienone is 1. The van der Waals surface area contributed by atoms with Crippen LogP contribution in [-0.2, 0) is 29.3 Å². The highest BCUT2D eigenvalue weighted by Gasteiger charge is 2.64. The maximum atomic E-state index is 14.0. The van der Waals surface area contributed by atoms with Crippen LogP contribution in [0.4, 0.5) is 5.69 Å². The Bertz CT molecular complexity index is 1070. The molecule has 1 unspecified atom stereocenters. The van der Waals surface area contributed by atoms with Crippen LogP contribution in [-0.4, -0.2) is 31.3 Å². The van der Waals surface area contributed by atoms with E-state index in [1.807, 2.05) is 13.8 Å². The van der Waals surface area contributed by atoms with E-state index in [4.69, 9.17) is 15.2 Å². The zero-order valence-electron chi connectivity index (χ0n) is 17.3. The summed E-state index contributed by atoms with van der Waals surface area (Å²) in [7, 11) is 1.21. The van der Waals surface area contributed by atoms with Crippen molar-refractivity contribution in [1.82, 2.24) is 0 Å². The molecule has 1 aliphatic carbocycles. The van der Waals surface area contributed by atoms with Crippen LogP contribution < -0.4 is 10.6 Å². The van der Waals surface area contributed by atoms with Crippen molar-refractivity contribution >= 4 is 23.3 Å². The number of esters is 1. The maximum Gasteiger partial charge on any atom is 0.340 e. The first-order chi connectivity index (χ1) is 14.2. The predicted molar refractivity (Wildman–Crippen MR) is 110 cm³/mol. The molecule has 0 aromatic heterocycles. The van der Waals surface area contributed by atoms with Crippen LogP contribution in [0.2, 0.25) is 0 Å². The minimum atomic E-state index is -1.70. The van der Waals surface area contributed by atoms with Crippen LogP contribution in [0.1, 0.15) is 32.3 Å². The molecule has 30 heavy (non-hydrogen) atoms. The molecule has 7 heteroatoms. The number of rotatable bonds is 3. The van der Waals surface area contributed by atoms with Crippen molar-refractivity contribution in [2.75, 3.05) is 18.6 Å². The van der Waals surface area contributed by atoms with Gasteiger partial charge in [-0.15, -0.1) is 6.58 Å². The van der Waals surface area contributed by atoms with E-state index in [1.165, 1.54) is 12.0 Å². The Morgan fingerprint density at radius 3 is 2.67 bits per heavy atom. The molecule has 0 radical (unpaired) electrons. The summed E-state index contributed by atoms with van der Waals surface area (Å²) in [4.78, 5) is 41.9. The SMILES string of the molecule is C=CCN1C(=O)C2(C(C(=O)OC)=C(N)OC3=C2C(=O)CC(C)(C)C3)c2ccccc21. The first-order valence-electron chi connectivity index (χ1n) is 9.74. The molecule has 3 aliphatic rings. The van der Waals surface area contributed by atoms with Gasteiger partial charge in [0.2, 0.25) is 11.8 Å². The van der Waals surface area contributed by atoms with E-state index in [0.29, 0.717) is 23.4 Å². The molecule has 0 saturated carbocycles. The lowest BCUT2D eigenvalue weighted by molar-refractivity contribution is -0.139. The van der Waals surface area contributed by atoms with Gasteiger partial charge < -0.3 is 20.1 Å². The minimum absolute atomic E-state index is 0.152. The van der Waals surface area contributed by atoms with E-state index >= 15 is 0 Å². The zero-order valence-corrected chi connectivity index (χ0v) is 17.3. The summed E-state index contributed by atoms with van der Waals surface area (Å²) in [5, 5.41) is 0. The number of ketones is 1. The summed E-state index contributed by atoms with van der Waals surface area (Å²) < 4.78 is 10.8. The largest absolute Gasteiger partial charge is 0.465 e. The number of amides is 1. The molecule has 0 fully saturated rings. The van der Waals surface area contributed by atoms with Crippen LogP contribution in [0.3, 0.4) is 0 Å². The van der Waals surface area contributed by atoms with E-state index in [0.717, 1.165) is 0 Å². The lowest BCUT2D eigenvalue weighted by Crippen LogP contribution is -2.52. The van der Waals surface area contributed by atoms with E-state index in [-0.39, 0.29) is 41.2 Å². The molecule has 156 valence electrons. The summed E-state index contributed by atoms with van der Waals surface area (Å²) in [6.45, 7) is 7.86. The van der Waals surface area contributed by atoms with Gasteiger partial charge in [0.05, 0.1) is 12.7 Å². The van der Waals surface area contributed by atoms with E-state index < -0.39 is 17.3 Å². The smallest absolute Gasteiger partial charge is 0.340 e. The van der Waals surface area contributed by atoms with E-state index in [2.05, 4.69) is 6.58 Å². The predicted octanol–water partition coefficient (Wildman–Crippen LogP) is 2.47. The van der Waals surface area contributed by atoms with Crippen molar-refractivity contribution in [2.24, 2.45) is 11.1 Å². The van der Waals surface area contributed by atoms with Crippen molar-refractivity contribution in [3.63, 3.8) is 0 Å². The molecule has 2 aliphatic heterocycles. The molecule has 1 atom stereocenters. The maximum absolute atomic E-state index is 14.0. The number of hydrogen-bond donors (Lipinski definition) is 1. The number of nitrogens with two attached hydrogens (primary N) is 1. The van der Waals surface area contributed by atoms with Crippen molar-refractivity contribution in [2.45, 2.75) is 32.1 Å². The third kappa shape index (κ3) is 2.47. The van der Waals surface area contributed by atoms with Crippen LogP contribution >= 0.6 is 0 Å². The van der Waals surface area contributed by atoms with Gasteiger partial charge in [-0.05, 0) is 11.5 Å². The Balaban J connectivity index is 2.11. The Morgan fingerprint density at radius 1 is 1.30 bits per heavy atom. The lowest BCUT2D eigenvalue weighted by atomic mass is 9.62. The van der Waals surface area contributed by atoms with Crippen LogP contribution in [0.15, 0.2) is 59.7 Å². The minimum Gasteiger partial charge on any atom is -0.465 e. The van der Waals surface area contributed by atoms with Gasteiger partial charge in [0.1, 0.15) is 16.7 Å². The fraction of sp³-hybridized carbons (Fsp3) is 0.348. The fourth-order valence-corrected chi connectivity index (χ4v) is 4.87. The number of nitrogens with zero attached hydrogens (tertiary/aromatic N) is 1. The lowest BCUT2D eigenvalue weighted by Gasteiger charge is -2.42. The molecule has 1 aromatic carbocycles. The third-order valence-corrected chi connectivity index (χ3v) is 5.93. The summed E-state index contributed by atoms with van der Waals surface area (Å²) >= 11 is 0. The first kappa shape index (κ1) is 19.9. The normalized spacial score (nSPS) is 24.6. The number of ether oxygens (including phenoxy) is 2. The van der Waals surface area contributed by atoms with Crippen molar-refractivity contribution < 1.29 is 23.9 Å². The average molecular weight is 408 g/mol. The van der Waals surface area contributed by atoms with Gasteiger partial charge in [-0.3, -0.25) is 9.59 Å². The van der Waals surface area contributed by atoms with Crippen molar-refractivity contribution in [3.8, 4) is 0 Å². The van der Waals surface area contributed by atoms with Gasteiger partial charge in [-0.1, -0.05) is 38.1 Å². The molecule has 2 N–H and O–H groups in total. The van der Waals surface area contributed by atoms with Gasteiger partial charge in [0.15, 0.2) is 5.78 Å². The van der Waals surface area contributed by atoms with Gasteiger partial charge in [0, 0.05) is 30.6 Å². The van der Waals surface area contributed by atoms with Crippen molar-refractivity contribution in [1.29, 1.82) is 0 Å². The highest BCUT2D eigenvalue weighted by atomic mass is 16.5. The summed E-state index contributed by atoms with van der Waals surface area (Å²) in [5.74, 6) is -1.35. The Kier molecular flexibility index (Phi) is 4.38. The molecule has 1 aromatic rings. The van der Waals surface area contributed by atoms with Crippen LogP contribution in [0.25, 0.3) is 0 Å². The Hall–Kier alpha value is -3.35. The van der Waals surface area contributed by atoms with Crippen LogP contribution in [0.5, 0.6) is 0 Å². The van der Waals surface area contributed by atoms with Gasteiger partial charge in [-0.25, -0.2) is 4.79 Å². The second-order valence-electron chi connectivity index (χ2n) is 8.54. The highest BCUT2D eigenvalue weighted by Crippen LogP contribution is 2.57. The number of carbonyl (C=O) groups excluding carboxylic acids is 3. The summed E-state index contributed by atoms with van der Waals surface area (Å²) in [5.41, 5.74) is 5.30. The molecular weight excluding hydrogens is 384 g/mol. The number of carbonyl (C=O) groups is 3. The number of fused-ring (bicyclic) bond motifs is 3. The molecular formula is C23H24N2O5. The molecule has 0 saturated heterocycles. The summed E-state index contributed by atoms with van der Waals surface area (Å²) in [6, 6.07) is 7.09. The topological polar surface area (TPSA) is 98.9 Å². The zero-order chi connectivity index (χ0) is 21.8. The number of benzene rings is 1. The quantitative estimate of drug-likeness (QED) is 0.609. The molecule has 7 nitrogen and oxygen atoms in total. The molecule has 1 spiro atoms. The molecule has 1 amide bonds. The number of Topliss-reactive ketones (excluding diaryl/α,β-unsaturated/α-hetero) is 1. The Labute approximate surface area is 174 Å². The molecule has 0 bridgehead atoms. The number of hydrogen-bond acceptors (Lipinski definition) is 6.